The van der Waals surface area contributed by atoms with E-state index in [1.807, 2.05) is 18.2 Å². The van der Waals surface area contributed by atoms with Crippen molar-refractivity contribution in [3.63, 3.8) is 0 Å². The number of nitrogens with zero attached hydrogens (tertiary/aromatic N) is 3. The van der Waals surface area contributed by atoms with Gasteiger partial charge in [0.1, 0.15) is 5.75 Å². The van der Waals surface area contributed by atoms with Crippen molar-refractivity contribution in [3.8, 4) is 5.75 Å². The SMILES string of the molecule is Clc1ccc2c(c1)CCC(c1nnc(C3CCCCN3CC3CC3)o1)O2. The van der Waals surface area contributed by atoms with E-state index in [1.54, 1.807) is 0 Å². The van der Waals surface area contributed by atoms with Gasteiger partial charge in [0, 0.05) is 11.6 Å². The zero-order chi connectivity index (χ0) is 17.5. The zero-order valence-electron chi connectivity index (χ0n) is 14.9. The van der Waals surface area contributed by atoms with Crippen molar-refractivity contribution in [1.82, 2.24) is 15.1 Å². The second-order valence-electron chi connectivity index (χ2n) is 7.83. The van der Waals surface area contributed by atoms with Crippen LogP contribution in [0.4, 0.5) is 0 Å². The van der Waals surface area contributed by atoms with E-state index >= 15 is 0 Å². The molecule has 2 fully saturated rings. The quantitative estimate of drug-likeness (QED) is 0.775. The Hall–Kier alpha value is -1.59. The number of halogens is 1. The highest BCUT2D eigenvalue weighted by molar-refractivity contribution is 6.30. The molecule has 5 rings (SSSR count). The summed E-state index contributed by atoms with van der Waals surface area (Å²) < 4.78 is 12.2. The Morgan fingerprint density at radius 1 is 1.08 bits per heavy atom. The summed E-state index contributed by atoms with van der Waals surface area (Å²) in [6.45, 7) is 2.32. The largest absolute Gasteiger partial charge is 0.480 e. The minimum atomic E-state index is -0.162. The number of benzene rings is 1. The van der Waals surface area contributed by atoms with Crippen LogP contribution in [0, 0.1) is 5.92 Å². The topological polar surface area (TPSA) is 51.4 Å². The fourth-order valence-electron chi connectivity index (χ4n) is 4.16. The Labute approximate surface area is 158 Å². The minimum Gasteiger partial charge on any atom is -0.480 e. The third-order valence-corrected chi connectivity index (χ3v) is 6.02. The maximum absolute atomic E-state index is 6.12. The average molecular weight is 374 g/mol. The molecule has 2 unspecified atom stereocenters. The highest BCUT2D eigenvalue weighted by atomic mass is 35.5. The molecule has 3 heterocycles. The Morgan fingerprint density at radius 3 is 2.85 bits per heavy atom. The molecule has 1 saturated carbocycles. The van der Waals surface area contributed by atoms with E-state index in [-0.39, 0.29) is 12.1 Å². The normalized spacial score (nSPS) is 26.3. The molecule has 0 radical (unpaired) electrons. The monoisotopic (exact) mass is 373 g/mol. The van der Waals surface area contributed by atoms with Crippen molar-refractivity contribution in [2.24, 2.45) is 5.92 Å². The van der Waals surface area contributed by atoms with Gasteiger partial charge in [-0.15, -0.1) is 10.2 Å². The van der Waals surface area contributed by atoms with E-state index in [0.29, 0.717) is 5.89 Å². The van der Waals surface area contributed by atoms with Crippen molar-refractivity contribution in [2.75, 3.05) is 13.1 Å². The predicted octanol–water partition coefficient (Wildman–Crippen LogP) is 4.73. The lowest BCUT2D eigenvalue weighted by Gasteiger charge is -2.33. The van der Waals surface area contributed by atoms with Crippen molar-refractivity contribution < 1.29 is 9.15 Å². The molecule has 2 atom stereocenters. The summed E-state index contributed by atoms with van der Waals surface area (Å²) in [5.74, 6) is 3.13. The van der Waals surface area contributed by atoms with Crippen molar-refractivity contribution in [1.29, 1.82) is 0 Å². The molecule has 0 N–H and O–H groups in total. The van der Waals surface area contributed by atoms with Crippen LogP contribution >= 0.6 is 11.6 Å². The van der Waals surface area contributed by atoms with Gasteiger partial charge in [-0.2, -0.15) is 0 Å². The van der Waals surface area contributed by atoms with Gasteiger partial charge in [-0.3, -0.25) is 4.90 Å². The van der Waals surface area contributed by atoms with Crippen LogP contribution in [0.3, 0.4) is 0 Å². The van der Waals surface area contributed by atoms with Gasteiger partial charge < -0.3 is 9.15 Å². The average Bonchev–Trinajstić information content (AvgIpc) is 3.34. The Bertz CT molecular complexity index is 789. The van der Waals surface area contributed by atoms with E-state index in [0.717, 1.165) is 54.0 Å². The maximum atomic E-state index is 6.12. The van der Waals surface area contributed by atoms with E-state index in [4.69, 9.17) is 20.8 Å². The van der Waals surface area contributed by atoms with Crippen LogP contribution in [0.5, 0.6) is 5.75 Å². The molecule has 1 aliphatic carbocycles. The van der Waals surface area contributed by atoms with E-state index in [9.17, 15) is 0 Å². The smallest absolute Gasteiger partial charge is 0.257 e. The van der Waals surface area contributed by atoms with Crippen LogP contribution < -0.4 is 4.74 Å². The lowest BCUT2D eigenvalue weighted by atomic mass is 10.0. The molecule has 6 heteroatoms. The number of fused-ring (bicyclic) bond motifs is 1. The van der Waals surface area contributed by atoms with Crippen molar-refractivity contribution >= 4 is 11.6 Å². The number of aryl methyl sites for hydroxylation is 1. The minimum absolute atomic E-state index is 0.162. The van der Waals surface area contributed by atoms with Gasteiger partial charge in [0.15, 0.2) is 6.10 Å². The molecule has 3 aliphatic rings. The number of aromatic nitrogens is 2. The lowest BCUT2D eigenvalue weighted by molar-refractivity contribution is 0.107. The van der Waals surface area contributed by atoms with Crippen LogP contribution in [-0.4, -0.2) is 28.2 Å². The fraction of sp³-hybridized carbons (Fsp3) is 0.600. The van der Waals surface area contributed by atoms with Crippen LogP contribution in [0.1, 0.15) is 68.0 Å². The molecular weight excluding hydrogens is 350 g/mol. The molecule has 0 bridgehead atoms. The summed E-state index contributed by atoms with van der Waals surface area (Å²) in [7, 11) is 0. The third kappa shape index (κ3) is 3.35. The Kier molecular flexibility index (Phi) is 4.37. The first-order valence-corrected chi connectivity index (χ1v) is 10.2. The lowest BCUT2D eigenvalue weighted by Crippen LogP contribution is -2.35. The van der Waals surface area contributed by atoms with Gasteiger partial charge in [0.2, 0.25) is 5.89 Å². The standard InChI is InChI=1S/C20H24ClN3O2/c21-15-7-9-17-14(11-15)6-8-18(25-17)20-23-22-19(26-20)16-3-1-2-10-24(16)12-13-4-5-13/h7,9,11,13,16,18H,1-6,8,10,12H2. The second-order valence-corrected chi connectivity index (χ2v) is 8.26. The summed E-state index contributed by atoms with van der Waals surface area (Å²) in [5, 5.41) is 9.49. The molecule has 0 spiro atoms. The molecule has 26 heavy (non-hydrogen) atoms. The van der Waals surface area contributed by atoms with Crippen LogP contribution in [-0.2, 0) is 6.42 Å². The first-order chi connectivity index (χ1) is 12.8. The predicted molar refractivity (Wildman–Crippen MR) is 98.3 cm³/mol. The number of likely N-dealkylation sites (tertiary alicyclic amines) is 1. The van der Waals surface area contributed by atoms with Crippen molar-refractivity contribution in [3.05, 3.63) is 40.6 Å². The zero-order valence-corrected chi connectivity index (χ0v) is 15.6. The van der Waals surface area contributed by atoms with Gasteiger partial charge in [0.25, 0.3) is 5.89 Å². The summed E-state index contributed by atoms with van der Waals surface area (Å²) in [6, 6.07) is 6.05. The molecule has 138 valence electrons. The molecule has 1 aromatic carbocycles. The highest BCUT2D eigenvalue weighted by Crippen LogP contribution is 2.39. The van der Waals surface area contributed by atoms with Crippen molar-refractivity contribution in [2.45, 2.75) is 57.1 Å². The molecule has 1 saturated heterocycles. The summed E-state index contributed by atoms with van der Waals surface area (Å²) in [6.07, 6.45) is 7.95. The summed E-state index contributed by atoms with van der Waals surface area (Å²) in [5.41, 5.74) is 1.15. The number of rotatable bonds is 4. The summed E-state index contributed by atoms with van der Waals surface area (Å²) in [4.78, 5) is 2.55. The number of ether oxygens (including phenoxy) is 1. The van der Waals surface area contributed by atoms with Crippen LogP contribution in [0.2, 0.25) is 5.02 Å². The van der Waals surface area contributed by atoms with Crippen LogP contribution in [0.15, 0.2) is 22.6 Å². The molecule has 1 aromatic heterocycles. The van der Waals surface area contributed by atoms with Gasteiger partial charge in [-0.25, -0.2) is 0 Å². The third-order valence-electron chi connectivity index (χ3n) is 5.79. The highest BCUT2D eigenvalue weighted by Gasteiger charge is 2.34. The molecular formula is C20H24ClN3O2. The van der Waals surface area contributed by atoms with Crippen LogP contribution in [0.25, 0.3) is 0 Å². The number of piperidine rings is 1. The number of hydrogen-bond donors (Lipinski definition) is 0. The molecule has 5 nitrogen and oxygen atoms in total. The van der Waals surface area contributed by atoms with Gasteiger partial charge in [-0.05, 0) is 74.8 Å². The first kappa shape index (κ1) is 16.6. The van der Waals surface area contributed by atoms with Gasteiger partial charge in [0.05, 0.1) is 6.04 Å². The fourth-order valence-corrected chi connectivity index (χ4v) is 4.36. The molecule has 0 amide bonds. The Balaban J connectivity index is 1.32. The molecule has 2 aliphatic heterocycles. The summed E-state index contributed by atoms with van der Waals surface area (Å²) >= 11 is 6.07. The maximum Gasteiger partial charge on any atom is 0.257 e. The second kappa shape index (κ2) is 6.86. The molecule has 2 aromatic rings. The van der Waals surface area contributed by atoms with Gasteiger partial charge in [-0.1, -0.05) is 18.0 Å². The Morgan fingerprint density at radius 2 is 1.96 bits per heavy atom. The van der Waals surface area contributed by atoms with E-state index < -0.39 is 0 Å². The van der Waals surface area contributed by atoms with E-state index in [1.165, 1.54) is 32.2 Å². The van der Waals surface area contributed by atoms with E-state index in [2.05, 4.69) is 15.1 Å². The number of hydrogen-bond acceptors (Lipinski definition) is 5. The van der Waals surface area contributed by atoms with Gasteiger partial charge >= 0.3 is 0 Å². The first-order valence-electron chi connectivity index (χ1n) is 9.79.